The first kappa shape index (κ1) is 16.7. The highest BCUT2D eigenvalue weighted by Gasteiger charge is 2.24. The van der Waals surface area contributed by atoms with E-state index in [-0.39, 0.29) is 17.4 Å². The smallest absolute Gasteiger partial charge is 0.223 e. The van der Waals surface area contributed by atoms with Crippen LogP contribution in [-0.4, -0.2) is 29.1 Å². The summed E-state index contributed by atoms with van der Waals surface area (Å²) in [6.07, 6.45) is 3.57. The maximum atomic E-state index is 12.2. The van der Waals surface area contributed by atoms with Crippen molar-refractivity contribution in [3.8, 4) is 5.88 Å². The molecule has 22 heavy (non-hydrogen) atoms. The number of rotatable bonds is 4. The molecule has 0 unspecified atom stereocenters. The predicted molar refractivity (Wildman–Crippen MR) is 86.7 cm³/mol. The lowest BCUT2D eigenvalue weighted by Gasteiger charge is -2.27. The first-order valence-corrected chi connectivity index (χ1v) is 7.98. The van der Waals surface area contributed by atoms with Gasteiger partial charge in [0, 0.05) is 30.8 Å². The lowest BCUT2D eigenvalue weighted by Crippen LogP contribution is -2.42. The zero-order valence-electron chi connectivity index (χ0n) is 14.0. The third kappa shape index (κ3) is 5.30. The summed E-state index contributed by atoms with van der Waals surface area (Å²) in [6.45, 7) is 9.52. The van der Waals surface area contributed by atoms with Crippen LogP contribution < -0.4 is 15.4 Å². The van der Waals surface area contributed by atoms with E-state index in [4.69, 9.17) is 4.74 Å². The van der Waals surface area contributed by atoms with Crippen LogP contribution in [0.25, 0.3) is 0 Å². The van der Waals surface area contributed by atoms with Gasteiger partial charge in [-0.1, -0.05) is 6.07 Å². The highest BCUT2D eigenvalue weighted by molar-refractivity contribution is 5.78. The van der Waals surface area contributed by atoms with Gasteiger partial charge in [-0.05, 0) is 52.6 Å². The van der Waals surface area contributed by atoms with Gasteiger partial charge in [-0.2, -0.15) is 0 Å². The number of ether oxygens (including phenoxy) is 1. The summed E-state index contributed by atoms with van der Waals surface area (Å²) < 4.78 is 5.68. The van der Waals surface area contributed by atoms with E-state index in [9.17, 15) is 4.79 Å². The van der Waals surface area contributed by atoms with Gasteiger partial charge in [-0.3, -0.25) is 4.79 Å². The van der Waals surface area contributed by atoms with Crippen molar-refractivity contribution < 1.29 is 9.53 Å². The number of nitrogens with one attached hydrogen (secondary N) is 2. The van der Waals surface area contributed by atoms with Crippen molar-refractivity contribution in [2.24, 2.45) is 5.92 Å². The molecule has 2 N–H and O–H groups in total. The van der Waals surface area contributed by atoms with Gasteiger partial charge >= 0.3 is 0 Å². The van der Waals surface area contributed by atoms with E-state index in [1.165, 1.54) is 0 Å². The Morgan fingerprint density at radius 3 is 2.82 bits per heavy atom. The lowest BCUT2D eigenvalue weighted by atomic mass is 9.92. The summed E-state index contributed by atoms with van der Waals surface area (Å²) in [5.74, 6) is 0.867. The zero-order valence-corrected chi connectivity index (χ0v) is 14.0. The van der Waals surface area contributed by atoms with E-state index in [0.29, 0.717) is 18.5 Å². The first-order chi connectivity index (χ1) is 10.3. The molecule has 1 aromatic heterocycles. The predicted octanol–water partition coefficient (Wildman–Crippen LogP) is 2.26. The molecular weight excluding hydrogens is 278 g/mol. The molecule has 1 fully saturated rings. The molecule has 2 atom stereocenters. The van der Waals surface area contributed by atoms with Crippen LogP contribution >= 0.6 is 0 Å². The lowest BCUT2D eigenvalue weighted by molar-refractivity contribution is -0.126. The fraction of sp³-hybridized carbons (Fsp3) is 0.647. The van der Waals surface area contributed by atoms with Gasteiger partial charge in [0.2, 0.25) is 11.8 Å². The standard InChI is InChI=1S/C17H27N3O2/c1-12-9-14(7-8-18-12)16(21)20-11-13-5-6-15(19-10-13)22-17(2,3)4/h5-6,10,12,14,18H,7-9,11H2,1-4H3,(H,20,21)/t12-,14-/m0/s1. The molecule has 0 saturated carbocycles. The van der Waals surface area contributed by atoms with Crippen molar-refractivity contribution in [3.63, 3.8) is 0 Å². The summed E-state index contributed by atoms with van der Waals surface area (Å²) in [5.41, 5.74) is 0.727. The van der Waals surface area contributed by atoms with Crippen LogP contribution in [0.15, 0.2) is 18.3 Å². The minimum absolute atomic E-state index is 0.118. The van der Waals surface area contributed by atoms with E-state index in [1.807, 2.05) is 32.9 Å². The van der Waals surface area contributed by atoms with Crippen molar-refractivity contribution in [3.05, 3.63) is 23.9 Å². The summed E-state index contributed by atoms with van der Waals surface area (Å²) in [7, 11) is 0. The molecule has 5 nitrogen and oxygen atoms in total. The molecule has 0 aliphatic carbocycles. The molecular formula is C17H27N3O2. The van der Waals surface area contributed by atoms with Gasteiger partial charge in [0.15, 0.2) is 0 Å². The minimum atomic E-state index is -0.256. The van der Waals surface area contributed by atoms with Crippen LogP contribution in [0.5, 0.6) is 5.88 Å². The quantitative estimate of drug-likeness (QED) is 0.895. The molecule has 0 bridgehead atoms. The van der Waals surface area contributed by atoms with Crippen LogP contribution in [0, 0.1) is 5.92 Å². The Bertz CT molecular complexity index is 494. The molecule has 1 aromatic rings. The topological polar surface area (TPSA) is 63.2 Å². The average molecular weight is 305 g/mol. The number of aromatic nitrogens is 1. The van der Waals surface area contributed by atoms with Gasteiger partial charge in [0.25, 0.3) is 0 Å². The number of hydrogen-bond donors (Lipinski definition) is 2. The van der Waals surface area contributed by atoms with Gasteiger partial charge in [0.05, 0.1) is 0 Å². The van der Waals surface area contributed by atoms with Crippen molar-refractivity contribution in [2.75, 3.05) is 6.54 Å². The van der Waals surface area contributed by atoms with Crippen LogP contribution in [0.2, 0.25) is 0 Å². The van der Waals surface area contributed by atoms with Gasteiger partial charge in [0.1, 0.15) is 5.60 Å². The molecule has 122 valence electrons. The van der Waals surface area contributed by atoms with E-state index < -0.39 is 0 Å². The Morgan fingerprint density at radius 1 is 1.45 bits per heavy atom. The Hall–Kier alpha value is -1.62. The largest absolute Gasteiger partial charge is 0.472 e. The zero-order chi connectivity index (χ0) is 16.2. The fourth-order valence-electron chi connectivity index (χ4n) is 2.59. The van der Waals surface area contributed by atoms with Gasteiger partial charge < -0.3 is 15.4 Å². The van der Waals surface area contributed by atoms with E-state index in [0.717, 1.165) is 24.9 Å². The Morgan fingerprint density at radius 2 is 2.23 bits per heavy atom. The molecule has 0 radical (unpaired) electrons. The third-order valence-corrected chi connectivity index (χ3v) is 3.67. The van der Waals surface area contributed by atoms with Gasteiger partial charge in [-0.25, -0.2) is 4.98 Å². The summed E-state index contributed by atoms with van der Waals surface area (Å²) in [5, 5.41) is 6.37. The molecule has 0 aromatic carbocycles. The fourth-order valence-corrected chi connectivity index (χ4v) is 2.59. The molecule has 2 rings (SSSR count). The van der Waals surface area contributed by atoms with Crippen molar-refractivity contribution in [2.45, 2.75) is 58.7 Å². The number of piperidine rings is 1. The molecule has 1 amide bonds. The third-order valence-electron chi connectivity index (χ3n) is 3.67. The van der Waals surface area contributed by atoms with E-state index in [2.05, 4.69) is 22.5 Å². The van der Waals surface area contributed by atoms with Crippen molar-refractivity contribution in [1.82, 2.24) is 15.6 Å². The Balaban J connectivity index is 1.82. The molecule has 1 aliphatic rings. The second-order valence-electron chi connectivity index (χ2n) is 7.01. The summed E-state index contributed by atoms with van der Waals surface area (Å²) in [4.78, 5) is 16.5. The SMILES string of the molecule is C[C@H]1C[C@@H](C(=O)NCc2ccc(OC(C)(C)C)nc2)CCN1. The van der Waals surface area contributed by atoms with E-state index >= 15 is 0 Å². The Kier molecular flexibility index (Phi) is 5.40. The van der Waals surface area contributed by atoms with E-state index in [1.54, 1.807) is 6.20 Å². The number of carbonyl (C=O) groups excluding carboxylic acids is 1. The van der Waals surface area contributed by atoms with Crippen LogP contribution in [0.3, 0.4) is 0 Å². The average Bonchev–Trinajstić information content (AvgIpc) is 2.44. The highest BCUT2D eigenvalue weighted by atomic mass is 16.5. The molecule has 0 spiro atoms. The first-order valence-electron chi connectivity index (χ1n) is 7.98. The van der Waals surface area contributed by atoms with Crippen LogP contribution in [0.4, 0.5) is 0 Å². The molecule has 5 heteroatoms. The highest BCUT2D eigenvalue weighted by Crippen LogP contribution is 2.17. The number of nitrogens with zero attached hydrogens (tertiary/aromatic N) is 1. The maximum Gasteiger partial charge on any atom is 0.223 e. The van der Waals surface area contributed by atoms with Gasteiger partial charge in [-0.15, -0.1) is 0 Å². The summed E-state index contributed by atoms with van der Waals surface area (Å²) >= 11 is 0. The van der Waals surface area contributed by atoms with Crippen LogP contribution in [0.1, 0.15) is 46.1 Å². The monoisotopic (exact) mass is 305 g/mol. The number of pyridine rings is 1. The molecule has 1 saturated heterocycles. The molecule has 1 aliphatic heterocycles. The number of amides is 1. The second-order valence-corrected chi connectivity index (χ2v) is 7.01. The molecule has 2 heterocycles. The van der Waals surface area contributed by atoms with Crippen molar-refractivity contribution >= 4 is 5.91 Å². The Labute approximate surface area is 132 Å². The number of hydrogen-bond acceptors (Lipinski definition) is 4. The van der Waals surface area contributed by atoms with Crippen molar-refractivity contribution in [1.29, 1.82) is 0 Å². The maximum absolute atomic E-state index is 12.2. The summed E-state index contributed by atoms with van der Waals surface area (Å²) in [6, 6.07) is 4.21. The number of carbonyl (C=O) groups is 1. The second kappa shape index (κ2) is 7.09. The minimum Gasteiger partial charge on any atom is -0.472 e. The normalized spacial score (nSPS) is 22.2. The van der Waals surface area contributed by atoms with Crippen LogP contribution in [-0.2, 0) is 11.3 Å².